The molecule has 0 saturated carbocycles. The van der Waals surface area contributed by atoms with Crippen LogP contribution in [0.15, 0.2) is 72.9 Å². The topological polar surface area (TPSA) is 12.9 Å². The first kappa shape index (κ1) is 18.6. The van der Waals surface area contributed by atoms with Gasteiger partial charge in [-0.3, -0.25) is 4.98 Å². The Morgan fingerprint density at radius 1 is 0.857 bits per heavy atom. The van der Waals surface area contributed by atoms with E-state index in [-0.39, 0.29) is 5.82 Å². The van der Waals surface area contributed by atoms with Crippen molar-refractivity contribution in [3.63, 3.8) is 0 Å². The van der Waals surface area contributed by atoms with Gasteiger partial charge in [0.1, 0.15) is 5.82 Å². The van der Waals surface area contributed by atoms with E-state index in [1.54, 1.807) is 0 Å². The van der Waals surface area contributed by atoms with Gasteiger partial charge >= 0.3 is 0 Å². The summed E-state index contributed by atoms with van der Waals surface area (Å²) in [5.41, 5.74) is 5.01. The number of rotatable bonds is 5. The minimum absolute atomic E-state index is 0.132. The van der Waals surface area contributed by atoms with E-state index in [2.05, 4.69) is 18.0 Å². The van der Waals surface area contributed by atoms with Crippen molar-refractivity contribution >= 4 is 22.4 Å². The molecule has 0 atom stereocenters. The van der Waals surface area contributed by atoms with E-state index in [0.717, 1.165) is 45.6 Å². The second-order valence-corrected chi connectivity index (χ2v) is 7.44. The number of aromatic nitrogens is 1. The normalized spacial score (nSPS) is 11.1. The third kappa shape index (κ3) is 3.93. The standard InChI is InChI=1S/C25H21ClFN/c1-2-17-6-14-24(28-16-17)21-10-13-23-20(15-21)9-8-19(25(23)27)7-3-18-4-11-22(26)12-5-18/h4-6,8-16H,2-3,7H2,1H3. The zero-order chi connectivity index (χ0) is 19.5. The van der Waals surface area contributed by atoms with Crippen LogP contribution in [0, 0.1) is 5.82 Å². The lowest BCUT2D eigenvalue weighted by Gasteiger charge is -2.09. The van der Waals surface area contributed by atoms with E-state index >= 15 is 4.39 Å². The van der Waals surface area contributed by atoms with Crippen LogP contribution >= 0.6 is 11.6 Å². The fourth-order valence-corrected chi connectivity index (χ4v) is 3.55. The van der Waals surface area contributed by atoms with Crippen LogP contribution in [0.4, 0.5) is 4.39 Å². The fourth-order valence-electron chi connectivity index (χ4n) is 3.42. The van der Waals surface area contributed by atoms with Crippen molar-refractivity contribution in [1.29, 1.82) is 0 Å². The van der Waals surface area contributed by atoms with Crippen molar-refractivity contribution in [3.05, 3.63) is 100 Å². The van der Waals surface area contributed by atoms with Crippen molar-refractivity contribution in [1.82, 2.24) is 4.98 Å². The monoisotopic (exact) mass is 389 g/mol. The molecule has 4 aromatic rings. The van der Waals surface area contributed by atoms with Crippen molar-refractivity contribution in [2.75, 3.05) is 0 Å². The van der Waals surface area contributed by atoms with Gasteiger partial charge < -0.3 is 0 Å². The predicted octanol–water partition coefficient (Wildman–Crippen LogP) is 7.04. The van der Waals surface area contributed by atoms with Gasteiger partial charge in [0.15, 0.2) is 0 Å². The van der Waals surface area contributed by atoms with Crippen molar-refractivity contribution < 1.29 is 4.39 Å². The summed E-state index contributed by atoms with van der Waals surface area (Å²) in [4.78, 5) is 4.53. The smallest absolute Gasteiger partial charge is 0.134 e. The summed E-state index contributed by atoms with van der Waals surface area (Å²) in [6, 6.07) is 21.6. The van der Waals surface area contributed by atoms with Crippen LogP contribution in [0.25, 0.3) is 22.0 Å². The largest absolute Gasteiger partial charge is 0.256 e. The molecule has 3 aromatic carbocycles. The summed E-state index contributed by atoms with van der Waals surface area (Å²) in [7, 11) is 0. The zero-order valence-electron chi connectivity index (χ0n) is 15.8. The van der Waals surface area contributed by atoms with E-state index < -0.39 is 0 Å². The second-order valence-electron chi connectivity index (χ2n) is 7.01. The average molecular weight is 390 g/mol. The minimum Gasteiger partial charge on any atom is -0.256 e. The molecule has 0 unspecified atom stereocenters. The number of hydrogen-bond donors (Lipinski definition) is 0. The molecule has 0 aliphatic carbocycles. The molecule has 0 amide bonds. The molecule has 0 spiro atoms. The van der Waals surface area contributed by atoms with Gasteiger partial charge in [-0.25, -0.2) is 4.39 Å². The van der Waals surface area contributed by atoms with Gasteiger partial charge in [-0.05, 0) is 65.6 Å². The Morgan fingerprint density at radius 3 is 2.36 bits per heavy atom. The number of fused-ring (bicyclic) bond motifs is 1. The van der Waals surface area contributed by atoms with Crippen LogP contribution in [0.1, 0.15) is 23.6 Å². The third-order valence-corrected chi connectivity index (χ3v) is 5.41. The molecule has 0 bridgehead atoms. The molecule has 0 saturated heterocycles. The maximum absolute atomic E-state index is 15.0. The summed E-state index contributed by atoms with van der Waals surface area (Å²) in [6.45, 7) is 2.11. The number of aryl methyl sites for hydroxylation is 3. The first-order chi connectivity index (χ1) is 13.6. The molecule has 0 N–H and O–H groups in total. The Kier molecular flexibility index (Phi) is 5.40. The summed E-state index contributed by atoms with van der Waals surface area (Å²) in [5.74, 6) is -0.132. The van der Waals surface area contributed by atoms with Crippen molar-refractivity contribution in [2.24, 2.45) is 0 Å². The highest BCUT2D eigenvalue weighted by molar-refractivity contribution is 6.30. The molecular weight excluding hydrogens is 369 g/mol. The van der Waals surface area contributed by atoms with Gasteiger partial charge in [0.25, 0.3) is 0 Å². The molecule has 1 heterocycles. The molecule has 140 valence electrons. The van der Waals surface area contributed by atoms with Crippen LogP contribution in [0.5, 0.6) is 0 Å². The highest BCUT2D eigenvalue weighted by Gasteiger charge is 2.09. The summed E-state index contributed by atoms with van der Waals surface area (Å²) < 4.78 is 15.0. The Hall–Kier alpha value is -2.71. The zero-order valence-corrected chi connectivity index (χ0v) is 16.5. The van der Waals surface area contributed by atoms with Crippen molar-refractivity contribution in [3.8, 4) is 11.3 Å². The third-order valence-electron chi connectivity index (χ3n) is 5.16. The van der Waals surface area contributed by atoms with Crippen LogP contribution in [0.3, 0.4) is 0 Å². The minimum atomic E-state index is -0.132. The van der Waals surface area contributed by atoms with Crippen LogP contribution < -0.4 is 0 Å². The molecule has 0 fully saturated rings. The maximum Gasteiger partial charge on any atom is 0.134 e. The fraction of sp³-hybridized carbons (Fsp3) is 0.160. The summed E-state index contributed by atoms with van der Waals surface area (Å²) in [6.07, 6.45) is 4.31. The van der Waals surface area contributed by atoms with Gasteiger partial charge in [-0.1, -0.05) is 61.0 Å². The maximum atomic E-state index is 15.0. The summed E-state index contributed by atoms with van der Waals surface area (Å²) in [5, 5.41) is 2.27. The molecule has 0 radical (unpaired) electrons. The molecule has 1 nitrogen and oxygen atoms in total. The van der Waals surface area contributed by atoms with Crippen LogP contribution in [0.2, 0.25) is 5.02 Å². The van der Waals surface area contributed by atoms with Crippen LogP contribution in [-0.2, 0) is 19.3 Å². The van der Waals surface area contributed by atoms with E-state index in [1.807, 2.05) is 66.9 Å². The van der Waals surface area contributed by atoms with Gasteiger partial charge in [0, 0.05) is 22.2 Å². The first-order valence-corrected chi connectivity index (χ1v) is 9.92. The predicted molar refractivity (Wildman–Crippen MR) is 115 cm³/mol. The lowest BCUT2D eigenvalue weighted by molar-refractivity contribution is 0.620. The first-order valence-electron chi connectivity index (χ1n) is 9.55. The lowest BCUT2D eigenvalue weighted by atomic mass is 9.98. The van der Waals surface area contributed by atoms with E-state index in [9.17, 15) is 0 Å². The Bertz CT molecular complexity index is 1100. The Labute approximate surface area is 169 Å². The second kappa shape index (κ2) is 8.12. The van der Waals surface area contributed by atoms with Gasteiger partial charge in [0.2, 0.25) is 0 Å². The van der Waals surface area contributed by atoms with Crippen molar-refractivity contribution in [2.45, 2.75) is 26.2 Å². The number of nitrogens with zero attached hydrogens (tertiary/aromatic N) is 1. The Morgan fingerprint density at radius 2 is 1.64 bits per heavy atom. The number of benzene rings is 3. The van der Waals surface area contributed by atoms with Crippen LogP contribution in [-0.4, -0.2) is 4.98 Å². The van der Waals surface area contributed by atoms with E-state index in [4.69, 9.17) is 11.6 Å². The quantitative estimate of drug-likeness (QED) is 0.356. The SMILES string of the molecule is CCc1ccc(-c2ccc3c(F)c(CCc4ccc(Cl)cc4)ccc3c2)nc1. The summed E-state index contributed by atoms with van der Waals surface area (Å²) >= 11 is 5.93. The van der Waals surface area contributed by atoms with Gasteiger partial charge in [0.05, 0.1) is 5.69 Å². The van der Waals surface area contributed by atoms with Gasteiger partial charge in [-0.15, -0.1) is 0 Å². The highest BCUT2D eigenvalue weighted by atomic mass is 35.5. The number of hydrogen-bond acceptors (Lipinski definition) is 1. The average Bonchev–Trinajstić information content (AvgIpc) is 2.74. The molecule has 28 heavy (non-hydrogen) atoms. The van der Waals surface area contributed by atoms with E-state index in [0.29, 0.717) is 11.8 Å². The number of pyridine rings is 1. The van der Waals surface area contributed by atoms with E-state index in [1.165, 1.54) is 5.56 Å². The number of halogens is 2. The Balaban J connectivity index is 1.59. The molecule has 0 aliphatic heterocycles. The molecule has 1 aromatic heterocycles. The molecule has 3 heteroatoms. The molecule has 0 aliphatic rings. The molecule has 4 rings (SSSR count). The highest BCUT2D eigenvalue weighted by Crippen LogP contribution is 2.27. The lowest BCUT2D eigenvalue weighted by Crippen LogP contribution is -1.96. The van der Waals surface area contributed by atoms with Gasteiger partial charge in [-0.2, -0.15) is 0 Å². The molecular formula is C25H21ClFN.